The molecule has 2 aromatic rings. The Labute approximate surface area is 145 Å². The fourth-order valence-electron chi connectivity index (χ4n) is 3.07. The van der Waals surface area contributed by atoms with E-state index in [0.29, 0.717) is 12.6 Å². The van der Waals surface area contributed by atoms with Gasteiger partial charge in [-0.15, -0.1) is 0 Å². The number of hydrogen-bond acceptors (Lipinski definition) is 3. The van der Waals surface area contributed by atoms with Crippen molar-refractivity contribution in [2.24, 2.45) is 0 Å². The second-order valence-corrected chi connectivity index (χ2v) is 6.48. The molecule has 0 aliphatic carbocycles. The molecule has 1 saturated heterocycles. The topological polar surface area (TPSA) is 21.7 Å². The van der Waals surface area contributed by atoms with Gasteiger partial charge in [-0.05, 0) is 49.6 Å². The summed E-state index contributed by atoms with van der Waals surface area (Å²) >= 11 is 0. The molecule has 3 rings (SSSR count). The Morgan fingerprint density at radius 3 is 2.54 bits per heavy atom. The molecule has 0 bridgehead atoms. The van der Waals surface area contributed by atoms with Crippen molar-refractivity contribution < 1.29 is 9.47 Å². The molecule has 128 valence electrons. The summed E-state index contributed by atoms with van der Waals surface area (Å²) in [5.74, 6) is 0.918. The summed E-state index contributed by atoms with van der Waals surface area (Å²) in [6.07, 6.45) is 2.33. The lowest BCUT2D eigenvalue weighted by molar-refractivity contribution is -0.000601. The van der Waals surface area contributed by atoms with E-state index in [9.17, 15) is 0 Å². The number of benzene rings is 2. The zero-order valence-corrected chi connectivity index (χ0v) is 14.5. The number of ether oxygens (including phenoxy) is 2. The Balaban J connectivity index is 1.41. The molecule has 3 nitrogen and oxygen atoms in total. The smallest absolute Gasteiger partial charge is 0.119 e. The molecule has 1 atom stereocenters. The minimum absolute atomic E-state index is 0.552. The van der Waals surface area contributed by atoms with E-state index in [1.54, 1.807) is 0 Å². The zero-order valence-electron chi connectivity index (χ0n) is 14.5. The third-order valence-corrected chi connectivity index (χ3v) is 4.59. The van der Waals surface area contributed by atoms with E-state index in [4.69, 9.17) is 9.47 Å². The predicted molar refractivity (Wildman–Crippen MR) is 97.4 cm³/mol. The maximum absolute atomic E-state index is 5.79. The predicted octanol–water partition coefficient (Wildman–Crippen LogP) is 3.92. The SMILES string of the molecule is CC1COCCN1CCCc1ccc(COc2ccccc2)cc1. The Morgan fingerprint density at radius 1 is 1.04 bits per heavy atom. The summed E-state index contributed by atoms with van der Waals surface area (Å²) in [6, 6.07) is 19.3. The number of nitrogens with zero attached hydrogens (tertiary/aromatic N) is 1. The van der Waals surface area contributed by atoms with Crippen LogP contribution in [0.4, 0.5) is 0 Å². The molecule has 0 aromatic heterocycles. The summed E-state index contributed by atoms with van der Waals surface area (Å²) in [7, 11) is 0. The van der Waals surface area contributed by atoms with Gasteiger partial charge in [0.2, 0.25) is 0 Å². The molecule has 1 fully saturated rings. The van der Waals surface area contributed by atoms with Crippen LogP contribution >= 0.6 is 0 Å². The lowest BCUT2D eigenvalue weighted by Gasteiger charge is -2.33. The molecular weight excluding hydrogens is 298 g/mol. The van der Waals surface area contributed by atoms with E-state index in [2.05, 4.69) is 36.1 Å². The van der Waals surface area contributed by atoms with Crippen molar-refractivity contribution in [2.45, 2.75) is 32.4 Å². The second kappa shape index (κ2) is 8.86. The zero-order chi connectivity index (χ0) is 16.6. The van der Waals surface area contributed by atoms with Crippen molar-refractivity contribution >= 4 is 0 Å². The van der Waals surface area contributed by atoms with Gasteiger partial charge >= 0.3 is 0 Å². The van der Waals surface area contributed by atoms with Gasteiger partial charge < -0.3 is 9.47 Å². The summed E-state index contributed by atoms with van der Waals surface area (Å²) in [4.78, 5) is 2.53. The Morgan fingerprint density at radius 2 is 1.79 bits per heavy atom. The number of para-hydroxylation sites is 1. The molecule has 1 heterocycles. The largest absolute Gasteiger partial charge is 0.489 e. The van der Waals surface area contributed by atoms with Gasteiger partial charge in [0, 0.05) is 12.6 Å². The van der Waals surface area contributed by atoms with Gasteiger partial charge in [0.15, 0.2) is 0 Å². The fraction of sp³-hybridized carbons (Fsp3) is 0.429. The lowest BCUT2D eigenvalue weighted by atomic mass is 10.1. The third-order valence-electron chi connectivity index (χ3n) is 4.59. The highest BCUT2D eigenvalue weighted by Gasteiger charge is 2.17. The van der Waals surface area contributed by atoms with Crippen molar-refractivity contribution in [3.8, 4) is 5.75 Å². The van der Waals surface area contributed by atoms with Crippen LogP contribution in [0.3, 0.4) is 0 Å². The molecule has 3 heteroatoms. The average molecular weight is 325 g/mol. The normalized spacial score (nSPS) is 18.5. The van der Waals surface area contributed by atoms with Crippen molar-refractivity contribution in [1.82, 2.24) is 4.90 Å². The lowest BCUT2D eigenvalue weighted by Crippen LogP contribution is -2.44. The fourth-order valence-corrected chi connectivity index (χ4v) is 3.07. The van der Waals surface area contributed by atoms with Gasteiger partial charge in [-0.1, -0.05) is 42.5 Å². The molecule has 0 radical (unpaired) electrons. The molecule has 1 aliphatic rings. The maximum atomic E-state index is 5.79. The molecule has 0 spiro atoms. The number of aryl methyl sites for hydroxylation is 1. The van der Waals surface area contributed by atoms with Crippen molar-refractivity contribution in [2.75, 3.05) is 26.3 Å². The van der Waals surface area contributed by atoms with Crippen LogP contribution < -0.4 is 4.74 Å². The van der Waals surface area contributed by atoms with Crippen LogP contribution in [0.2, 0.25) is 0 Å². The van der Waals surface area contributed by atoms with Crippen LogP contribution in [0.15, 0.2) is 54.6 Å². The minimum atomic E-state index is 0.552. The first-order valence-corrected chi connectivity index (χ1v) is 8.89. The van der Waals surface area contributed by atoms with Crippen LogP contribution in [0.25, 0.3) is 0 Å². The first kappa shape index (κ1) is 17.0. The molecule has 0 N–H and O–H groups in total. The van der Waals surface area contributed by atoms with Crippen LogP contribution in [0.5, 0.6) is 5.75 Å². The Kier molecular flexibility index (Phi) is 6.27. The summed E-state index contributed by atoms with van der Waals surface area (Å²) in [5, 5.41) is 0. The molecule has 1 unspecified atom stereocenters. The van der Waals surface area contributed by atoms with Crippen molar-refractivity contribution in [3.63, 3.8) is 0 Å². The van der Waals surface area contributed by atoms with Crippen LogP contribution in [0, 0.1) is 0 Å². The monoisotopic (exact) mass is 325 g/mol. The van der Waals surface area contributed by atoms with E-state index in [1.807, 2.05) is 30.3 Å². The van der Waals surface area contributed by atoms with Crippen molar-refractivity contribution in [1.29, 1.82) is 0 Å². The molecule has 1 aliphatic heterocycles. The van der Waals surface area contributed by atoms with Gasteiger partial charge in [-0.2, -0.15) is 0 Å². The highest BCUT2D eigenvalue weighted by molar-refractivity contribution is 5.24. The first-order valence-electron chi connectivity index (χ1n) is 8.89. The van der Waals surface area contributed by atoms with Crippen LogP contribution in [0.1, 0.15) is 24.5 Å². The average Bonchev–Trinajstić information content (AvgIpc) is 2.63. The van der Waals surface area contributed by atoms with Gasteiger partial charge in [-0.25, -0.2) is 0 Å². The first-order chi connectivity index (χ1) is 11.8. The van der Waals surface area contributed by atoms with E-state index >= 15 is 0 Å². The second-order valence-electron chi connectivity index (χ2n) is 6.48. The van der Waals surface area contributed by atoms with E-state index in [1.165, 1.54) is 17.5 Å². The highest BCUT2D eigenvalue weighted by Crippen LogP contribution is 2.14. The standard InChI is InChI=1S/C21H27NO2/c1-18-16-23-15-14-22(18)13-5-6-19-9-11-20(12-10-19)17-24-21-7-3-2-4-8-21/h2-4,7-12,18H,5-6,13-17H2,1H3. The van der Waals surface area contributed by atoms with Gasteiger partial charge in [-0.3, -0.25) is 4.90 Å². The molecule has 2 aromatic carbocycles. The Bertz CT molecular complexity index is 597. The highest BCUT2D eigenvalue weighted by atomic mass is 16.5. The van der Waals surface area contributed by atoms with E-state index in [-0.39, 0.29) is 0 Å². The molecular formula is C21H27NO2. The number of hydrogen-bond donors (Lipinski definition) is 0. The summed E-state index contributed by atoms with van der Waals surface area (Å²) < 4.78 is 11.3. The quantitative estimate of drug-likeness (QED) is 0.770. The van der Waals surface area contributed by atoms with E-state index < -0.39 is 0 Å². The third kappa shape index (κ3) is 5.08. The van der Waals surface area contributed by atoms with Crippen LogP contribution in [-0.2, 0) is 17.8 Å². The summed E-state index contributed by atoms with van der Waals surface area (Å²) in [5.41, 5.74) is 2.61. The van der Waals surface area contributed by atoms with E-state index in [0.717, 1.165) is 38.5 Å². The van der Waals surface area contributed by atoms with Crippen LogP contribution in [-0.4, -0.2) is 37.2 Å². The van der Waals surface area contributed by atoms with Gasteiger partial charge in [0.05, 0.1) is 13.2 Å². The molecule has 24 heavy (non-hydrogen) atoms. The maximum Gasteiger partial charge on any atom is 0.119 e. The summed E-state index contributed by atoms with van der Waals surface area (Å²) in [6.45, 7) is 6.84. The van der Waals surface area contributed by atoms with Gasteiger partial charge in [0.1, 0.15) is 12.4 Å². The number of rotatable bonds is 7. The van der Waals surface area contributed by atoms with Crippen molar-refractivity contribution in [3.05, 3.63) is 65.7 Å². The molecule has 0 amide bonds. The van der Waals surface area contributed by atoms with Gasteiger partial charge in [0.25, 0.3) is 0 Å². The minimum Gasteiger partial charge on any atom is -0.489 e. The Hall–Kier alpha value is -1.84. The number of morpholine rings is 1. The molecule has 0 saturated carbocycles.